The van der Waals surface area contributed by atoms with E-state index in [9.17, 15) is 0 Å². The summed E-state index contributed by atoms with van der Waals surface area (Å²) in [6.45, 7) is 9.46. The molecule has 8 aromatic rings. The van der Waals surface area contributed by atoms with E-state index < -0.39 is 0 Å². The number of para-hydroxylation sites is 2. The van der Waals surface area contributed by atoms with Gasteiger partial charge in [0.05, 0.1) is 11.4 Å². The van der Waals surface area contributed by atoms with Crippen LogP contribution in [0.2, 0.25) is 0 Å². The lowest BCUT2D eigenvalue weighted by Gasteiger charge is -2.34. The lowest BCUT2D eigenvalue weighted by Crippen LogP contribution is -2.21. The average Bonchev–Trinajstić information content (AvgIpc) is 3.72. The molecule has 1 aromatic heterocycles. The SMILES string of the molecule is CC1(C)c2ccccc2-c2cc(N(c3ccccc3-c3cccc4oc5ccccc5c34)c3cccc4c3C(C)(C)c3ccccc3-4)ccc21. The van der Waals surface area contributed by atoms with E-state index in [1.54, 1.807) is 0 Å². The zero-order valence-electron chi connectivity index (χ0n) is 28.8. The molecule has 7 aromatic carbocycles. The van der Waals surface area contributed by atoms with E-state index in [-0.39, 0.29) is 10.8 Å². The number of nitrogens with zero attached hydrogens (tertiary/aromatic N) is 1. The minimum atomic E-state index is -0.193. The van der Waals surface area contributed by atoms with Gasteiger partial charge in [0.2, 0.25) is 0 Å². The maximum Gasteiger partial charge on any atom is 0.136 e. The molecule has 0 bridgehead atoms. The van der Waals surface area contributed by atoms with Crippen molar-refractivity contribution in [3.63, 3.8) is 0 Å². The summed E-state index contributed by atoms with van der Waals surface area (Å²) in [7, 11) is 0. The van der Waals surface area contributed by atoms with Crippen LogP contribution in [0, 0.1) is 0 Å². The lowest BCUT2D eigenvalue weighted by atomic mass is 9.81. The second kappa shape index (κ2) is 10.3. The fourth-order valence-corrected chi connectivity index (χ4v) is 9.16. The Morgan fingerprint density at radius 2 is 0.980 bits per heavy atom. The molecule has 2 aliphatic rings. The molecular weight excluding hydrogens is 607 g/mol. The molecule has 240 valence electrons. The maximum atomic E-state index is 6.40. The molecule has 10 rings (SSSR count). The number of benzene rings is 7. The molecule has 1 heterocycles. The van der Waals surface area contributed by atoms with Crippen molar-refractivity contribution in [1.29, 1.82) is 0 Å². The van der Waals surface area contributed by atoms with Crippen LogP contribution in [-0.2, 0) is 10.8 Å². The van der Waals surface area contributed by atoms with Crippen LogP contribution in [0.1, 0.15) is 49.9 Å². The van der Waals surface area contributed by atoms with Crippen molar-refractivity contribution in [3.8, 4) is 33.4 Å². The molecule has 0 N–H and O–H groups in total. The zero-order valence-corrected chi connectivity index (χ0v) is 28.8. The first-order chi connectivity index (χ1) is 24.3. The second-order valence-electron chi connectivity index (χ2n) is 14.9. The molecule has 50 heavy (non-hydrogen) atoms. The first-order valence-electron chi connectivity index (χ1n) is 17.6. The largest absolute Gasteiger partial charge is 0.456 e. The molecule has 0 aliphatic heterocycles. The van der Waals surface area contributed by atoms with Crippen LogP contribution in [0.25, 0.3) is 55.3 Å². The van der Waals surface area contributed by atoms with Crippen molar-refractivity contribution < 1.29 is 4.42 Å². The maximum absolute atomic E-state index is 6.40. The summed E-state index contributed by atoms with van der Waals surface area (Å²) in [5.41, 5.74) is 18.1. The normalized spacial score (nSPS) is 14.7. The molecule has 0 atom stereocenters. The Morgan fingerprint density at radius 3 is 1.80 bits per heavy atom. The second-order valence-corrected chi connectivity index (χ2v) is 14.9. The minimum Gasteiger partial charge on any atom is -0.456 e. The molecular formula is C48H37NO. The third kappa shape index (κ3) is 3.91. The molecule has 0 saturated carbocycles. The third-order valence-electron chi connectivity index (χ3n) is 11.5. The van der Waals surface area contributed by atoms with Crippen molar-refractivity contribution in [2.75, 3.05) is 4.90 Å². The molecule has 0 spiro atoms. The van der Waals surface area contributed by atoms with Crippen molar-refractivity contribution in [2.24, 2.45) is 0 Å². The Balaban J connectivity index is 1.28. The number of anilines is 3. The van der Waals surface area contributed by atoms with Crippen LogP contribution in [0.3, 0.4) is 0 Å². The summed E-state index contributed by atoms with van der Waals surface area (Å²) in [6, 6.07) is 55.6. The molecule has 0 radical (unpaired) electrons. The Bertz CT molecular complexity index is 2670. The smallest absolute Gasteiger partial charge is 0.136 e. The van der Waals surface area contributed by atoms with Crippen molar-refractivity contribution in [1.82, 2.24) is 0 Å². The van der Waals surface area contributed by atoms with Crippen molar-refractivity contribution >= 4 is 39.0 Å². The van der Waals surface area contributed by atoms with E-state index in [0.717, 1.165) is 44.4 Å². The molecule has 0 saturated heterocycles. The summed E-state index contributed by atoms with van der Waals surface area (Å²) < 4.78 is 6.40. The van der Waals surface area contributed by atoms with Gasteiger partial charge in [0, 0.05) is 32.9 Å². The highest BCUT2D eigenvalue weighted by atomic mass is 16.3. The minimum absolute atomic E-state index is 0.0667. The zero-order chi connectivity index (χ0) is 33.8. The van der Waals surface area contributed by atoms with Gasteiger partial charge >= 0.3 is 0 Å². The summed E-state index contributed by atoms with van der Waals surface area (Å²) in [4.78, 5) is 2.52. The monoisotopic (exact) mass is 643 g/mol. The first-order valence-corrected chi connectivity index (χ1v) is 17.6. The van der Waals surface area contributed by atoms with Crippen LogP contribution < -0.4 is 4.90 Å². The van der Waals surface area contributed by atoms with Gasteiger partial charge in [-0.25, -0.2) is 0 Å². The summed E-state index contributed by atoms with van der Waals surface area (Å²) >= 11 is 0. The molecule has 0 unspecified atom stereocenters. The molecule has 2 aliphatic carbocycles. The highest BCUT2D eigenvalue weighted by molar-refractivity contribution is 6.14. The lowest BCUT2D eigenvalue weighted by molar-refractivity contribution is 0.660. The van der Waals surface area contributed by atoms with Gasteiger partial charge in [0.15, 0.2) is 0 Å². The van der Waals surface area contributed by atoms with E-state index in [1.807, 2.05) is 6.07 Å². The Kier molecular flexibility index (Phi) is 6.01. The Labute approximate surface area is 293 Å². The van der Waals surface area contributed by atoms with Gasteiger partial charge in [-0.2, -0.15) is 0 Å². The predicted octanol–water partition coefficient (Wildman–Crippen LogP) is 13.3. The van der Waals surface area contributed by atoms with Crippen LogP contribution in [0.5, 0.6) is 0 Å². The van der Waals surface area contributed by atoms with Gasteiger partial charge in [0.25, 0.3) is 0 Å². The number of hydrogen-bond acceptors (Lipinski definition) is 2. The third-order valence-corrected chi connectivity index (χ3v) is 11.5. The molecule has 0 fully saturated rings. The van der Waals surface area contributed by atoms with E-state index in [1.165, 1.54) is 50.2 Å². The molecule has 2 heteroatoms. The summed E-state index contributed by atoms with van der Waals surface area (Å²) in [5, 5.41) is 2.28. The molecule has 2 nitrogen and oxygen atoms in total. The number of rotatable bonds is 4. The van der Waals surface area contributed by atoms with E-state index in [4.69, 9.17) is 4.42 Å². The van der Waals surface area contributed by atoms with Crippen LogP contribution in [0.4, 0.5) is 17.1 Å². The molecule has 0 amide bonds. The Morgan fingerprint density at radius 1 is 0.420 bits per heavy atom. The van der Waals surface area contributed by atoms with Gasteiger partial charge in [-0.05, 0) is 86.5 Å². The fraction of sp³-hybridized carbons (Fsp3) is 0.125. The van der Waals surface area contributed by atoms with E-state index in [2.05, 4.69) is 178 Å². The average molecular weight is 644 g/mol. The highest BCUT2D eigenvalue weighted by Gasteiger charge is 2.40. The number of hydrogen-bond donors (Lipinski definition) is 0. The van der Waals surface area contributed by atoms with Gasteiger partial charge in [-0.3, -0.25) is 0 Å². The van der Waals surface area contributed by atoms with Gasteiger partial charge < -0.3 is 9.32 Å². The fourth-order valence-electron chi connectivity index (χ4n) is 9.16. The van der Waals surface area contributed by atoms with Gasteiger partial charge in [-0.15, -0.1) is 0 Å². The Hall–Kier alpha value is -5.86. The van der Waals surface area contributed by atoms with Crippen molar-refractivity contribution in [2.45, 2.75) is 38.5 Å². The van der Waals surface area contributed by atoms with Crippen LogP contribution >= 0.6 is 0 Å². The summed E-state index contributed by atoms with van der Waals surface area (Å²) in [5.74, 6) is 0. The highest BCUT2D eigenvalue weighted by Crippen LogP contribution is 2.56. The van der Waals surface area contributed by atoms with E-state index >= 15 is 0 Å². The van der Waals surface area contributed by atoms with E-state index in [0.29, 0.717) is 0 Å². The number of fused-ring (bicyclic) bond motifs is 9. The topological polar surface area (TPSA) is 16.4 Å². The predicted molar refractivity (Wildman–Crippen MR) is 209 cm³/mol. The standard InChI is InChI=1S/C48H37NO/c1-47(2)38-21-9-6-16-32(38)37-29-30(27-28-40(37)47)49(42-24-13-20-35-31-15-5-10-22-39(31)48(3,4)46(35)42)41-23-11-7-17-33(41)34-19-14-26-44-45(34)36-18-8-12-25-43(36)50-44/h5-29H,1-4H3. The van der Waals surface area contributed by atoms with Gasteiger partial charge in [0.1, 0.15) is 11.2 Å². The quantitative estimate of drug-likeness (QED) is 0.190. The summed E-state index contributed by atoms with van der Waals surface area (Å²) in [6.07, 6.45) is 0. The van der Waals surface area contributed by atoms with Crippen molar-refractivity contribution in [3.05, 3.63) is 174 Å². The van der Waals surface area contributed by atoms with Gasteiger partial charge in [-0.1, -0.05) is 143 Å². The first kappa shape index (κ1) is 29.1. The van der Waals surface area contributed by atoms with Crippen LogP contribution in [-0.4, -0.2) is 0 Å². The number of furan rings is 1. The van der Waals surface area contributed by atoms with Crippen LogP contribution in [0.15, 0.2) is 156 Å².